The van der Waals surface area contributed by atoms with Gasteiger partial charge in [-0.2, -0.15) is 5.10 Å². The van der Waals surface area contributed by atoms with E-state index >= 15 is 4.39 Å². The predicted octanol–water partition coefficient (Wildman–Crippen LogP) is 5.68. The maximum atomic E-state index is 15.2. The van der Waals surface area contributed by atoms with E-state index in [2.05, 4.69) is 35.4 Å². The Kier molecular flexibility index (Phi) is 6.22. The Balaban J connectivity index is 1.38. The number of imidazole rings is 1. The first-order chi connectivity index (χ1) is 18.5. The lowest BCUT2D eigenvalue weighted by Gasteiger charge is -2.28. The van der Waals surface area contributed by atoms with E-state index in [0.717, 1.165) is 37.1 Å². The second kappa shape index (κ2) is 9.85. The van der Waals surface area contributed by atoms with Gasteiger partial charge < -0.3 is 15.2 Å². The van der Waals surface area contributed by atoms with Crippen LogP contribution >= 0.6 is 0 Å². The fourth-order valence-electron chi connectivity index (χ4n) is 5.09. The summed E-state index contributed by atoms with van der Waals surface area (Å²) in [5, 5.41) is 10.7. The van der Waals surface area contributed by atoms with E-state index < -0.39 is 5.82 Å². The van der Waals surface area contributed by atoms with Gasteiger partial charge in [0, 0.05) is 42.9 Å². The lowest BCUT2D eigenvalue weighted by molar-refractivity contribution is -0.116. The molecule has 0 atom stereocenters. The van der Waals surface area contributed by atoms with Crippen molar-refractivity contribution in [3.05, 3.63) is 48.7 Å². The molecule has 38 heavy (non-hydrogen) atoms. The molecular weight excluding hydrogens is 483 g/mol. The highest BCUT2D eigenvalue weighted by molar-refractivity contribution is 5.97. The number of pyridine rings is 2. The number of halogens is 1. The van der Waals surface area contributed by atoms with E-state index in [4.69, 9.17) is 4.98 Å². The van der Waals surface area contributed by atoms with Crippen molar-refractivity contribution in [3.63, 3.8) is 0 Å². The first-order valence-electron chi connectivity index (χ1n) is 13.0. The van der Waals surface area contributed by atoms with Crippen molar-refractivity contribution in [2.45, 2.75) is 39.5 Å². The molecule has 4 aromatic heterocycles. The van der Waals surface area contributed by atoms with Crippen molar-refractivity contribution in [3.8, 4) is 22.6 Å². The van der Waals surface area contributed by atoms with Crippen LogP contribution in [0.4, 0.5) is 15.8 Å². The second-order valence-electron chi connectivity index (χ2n) is 10.2. The molecule has 1 aliphatic rings. The third-order valence-corrected chi connectivity index (χ3v) is 6.86. The molecule has 0 spiro atoms. The molecule has 9 nitrogen and oxygen atoms in total. The van der Waals surface area contributed by atoms with E-state index in [1.54, 1.807) is 24.7 Å². The van der Waals surface area contributed by atoms with Crippen molar-refractivity contribution in [2.24, 2.45) is 5.92 Å². The van der Waals surface area contributed by atoms with Gasteiger partial charge in [-0.25, -0.2) is 14.4 Å². The van der Waals surface area contributed by atoms with E-state index in [0.29, 0.717) is 45.8 Å². The van der Waals surface area contributed by atoms with Crippen LogP contribution in [0.1, 0.15) is 39.5 Å². The van der Waals surface area contributed by atoms with Crippen molar-refractivity contribution in [1.29, 1.82) is 0 Å². The number of nitrogens with zero attached hydrogens (tertiary/aromatic N) is 5. The molecule has 1 saturated heterocycles. The Hall–Kier alpha value is -4.34. The zero-order chi connectivity index (χ0) is 26.2. The summed E-state index contributed by atoms with van der Waals surface area (Å²) in [6.07, 6.45) is 8.99. The minimum atomic E-state index is -0.461. The van der Waals surface area contributed by atoms with Crippen LogP contribution in [0.3, 0.4) is 0 Å². The highest BCUT2D eigenvalue weighted by Crippen LogP contribution is 2.34. The molecule has 1 fully saturated rings. The Morgan fingerprint density at radius 2 is 1.97 bits per heavy atom. The third-order valence-electron chi connectivity index (χ3n) is 6.86. The van der Waals surface area contributed by atoms with Gasteiger partial charge in [0.15, 0.2) is 17.3 Å². The largest absolute Gasteiger partial charge is 0.370 e. The van der Waals surface area contributed by atoms with Gasteiger partial charge in [0.2, 0.25) is 5.91 Å². The fraction of sp³-hybridized carbons (Fsp3) is 0.321. The number of amides is 1. The molecule has 0 unspecified atom stereocenters. The minimum absolute atomic E-state index is 0.0832. The van der Waals surface area contributed by atoms with Gasteiger partial charge in [-0.15, -0.1) is 0 Å². The van der Waals surface area contributed by atoms with Crippen LogP contribution in [0.25, 0.3) is 44.7 Å². The number of nitrogens with one attached hydrogen (secondary N) is 3. The summed E-state index contributed by atoms with van der Waals surface area (Å²) in [5.41, 5.74) is 5.21. The zero-order valence-electron chi connectivity index (χ0n) is 21.4. The van der Waals surface area contributed by atoms with Crippen LogP contribution in [0.5, 0.6) is 0 Å². The number of benzene rings is 1. The van der Waals surface area contributed by atoms with Crippen molar-refractivity contribution < 1.29 is 9.18 Å². The Labute approximate surface area is 218 Å². The van der Waals surface area contributed by atoms with E-state index in [-0.39, 0.29) is 17.3 Å². The van der Waals surface area contributed by atoms with Gasteiger partial charge in [0.25, 0.3) is 0 Å². The Morgan fingerprint density at radius 1 is 1.13 bits per heavy atom. The highest BCUT2D eigenvalue weighted by atomic mass is 19.1. The Bertz CT molecular complexity index is 1630. The quantitative estimate of drug-likeness (QED) is 0.270. The van der Waals surface area contributed by atoms with Gasteiger partial charge in [-0.3, -0.25) is 14.9 Å². The number of hydrogen-bond donors (Lipinski definition) is 3. The van der Waals surface area contributed by atoms with E-state index in [1.807, 2.05) is 26.0 Å². The van der Waals surface area contributed by atoms with Crippen LogP contribution in [0.15, 0.2) is 42.9 Å². The molecule has 0 saturated carbocycles. The van der Waals surface area contributed by atoms with Crippen molar-refractivity contribution in [2.75, 3.05) is 23.3 Å². The maximum absolute atomic E-state index is 15.2. The minimum Gasteiger partial charge on any atom is -0.370 e. The molecule has 1 amide bonds. The Morgan fingerprint density at radius 3 is 2.79 bits per heavy atom. The SMILES string of the molecule is CC(C)CC(=O)Nc1cncc(-c2cc(F)c3n[nH]c(-c4nc5nccc(N6CCCCC6)c5[nH]4)c3c2)c1. The first-order valence-corrected chi connectivity index (χ1v) is 13.0. The topological polar surface area (TPSA) is 115 Å². The molecule has 3 N–H and O–H groups in total. The third kappa shape index (κ3) is 4.57. The lowest BCUT2D eigenvalue weighted by atomic mass is 10.0. The van der Waals surface area contributed by atoms with Crippen LogP contribution in [0.2, 0.25) is 0 Å². The van der Waals surface area contributed by atoms with Crippen LogP contribution in [0, 0.1) is 11.7 Å². The van der Waals surface area contributed by atoms with E-state index in [9.17, 15) is 4.79 Å². The summed E-state index contributed by atoms with van der Waals surface area (Å²) >= 11 is 0. The molecule has 0 aliphatic carbocycles. The molecule has 1 aliphatic heterocycles. The monoisotopic (exact) mass is 512 g/mol. The first kappa shape index (κ1) is 24.0. The number of rotatable bonds is 6. The van der Waals surface area contributed by atoms with Gasteiger partial charge in [0.1, 0.15) is 16.7 Å². The summed E-state index contributed by atoms with van der Waals surface area (Å²) in [7, 11) is 0. The number of piperidine rings is 1. The smallest absolute Gasteiger partial charge is 0.224 e. The fourth-order valence-corrected chi connectivity index (χ4v) is 5.09. The molecule has 0 radical (unpaired) electrons. The number of aromatic nitrogens is 6. The zero-order valence-corrected chi connectivity index (χ0v) is 21.4. The van der Waals surface area contributed by atoms with E-state index in [1.165, 1.54) is 12.5 Å². The average molecular weight is 513 g/mol. The van der Waals surface area contributed by atoms with Gasteiger partial charge in [0.05, 0.1) is 17.6 Å². The lowest BCUT2D eigenvalue weighted by Crippen LogP contribution is -2.29. The molecule has 0 bridgehead atoms. The number of fused-ring (bicyclic) bond motifs is 2. The molecule has 1 aromatic carbocycles. The molecule has 6 rings (SSSR count). The summed E-state index contributed by atoms with van der Waals surface area (Å²) < 4.78 is 15.2. The van der Waals surface area contributed by atoms with Crippen molar-refractivity contribution >= 4 is 39.3 Å². The van der Waals surface area contributed by atoms with Gasteiger partial charge >= 0.3 is 0 Å². The van der Waals surface area contributed by atoms with Crippen LogP contribution in [-0.4, -0.2) is 49.1 Å². The summed E-state index contributed by atoms with van der Waals surface area (Å²) in [5.74, 6) is 0.244. The summed E-state index contributed by atoms with van der Waals surface area (Å²) in [6.45, 7) is 5.97. The summed E-state index contributed by atoms with van der Waals surface area (Å²) in [6, 6.07) is 7.10. The standard InChI is InChI=1S/C28H29FN8O/c1-16(2)10-23(38)32-19-11-18(14-30-15-19)17-12-20-24(21(29)13-17)35-36-25(20)28-33-26-22(6-7-31-27(26)34-28)37-8-4-3-5-9-37/h6-7,11-16H,3-5,8-10H2,1-2H3,(H,32,38)(H,35,36)(H,31,33,34). The second-order valence-corrected chi connectivity index (χ2v) is 10.2. The normalized spacial score (nSPS) is 14.1. The highest BCUT2D eigenvalue weighted by Gasteiger charge is 2.20. The molecule has 5 aromatic rings. The molecule has 5 heterocycles. The predicted molar refractivity (Wildman–Crippen MR) is 146 cm³/mol. The number of carbonyl (C=O) groups excluding carboxylic acids is 1. The van der Waals surface area contributed by atoms with Crippen molar-refractivity contribution in [1.82, 2.24) is 30.1 Å². The molecular formula is C28H29FN8O. The number of aromatic amines is 2. The molecule has 10 heteroatoms. The maximum Gasteiger partial charge on any atom is 0.224 e. The number of carbonyl (C=O) groups is 1. The van der Waals surface area contributed by atoms with Gasteiger partial charge in [-0.1, -0.05) is 13.8 Å². The molecule has 194 valence electrons. The summed E-state index contributed by atoms with van der Waals surface area (Å²) in [4.78, 5) is 31.4. The average Bonchev–Trinajstić information content (AvgIpc) is 3.53. The van der Waals surface area contributed by atoms with Crippen LogP contribution in [-0.2, 0) is 4.79 Å². The van der Waals surface area contributed by atoms with Crippen LogP contribution < -0.4 is 10.2 Å². The number of anilines is 2. The number of hydrogen-bond acceptors (Lipinski definition) is 6. The van der Waals surface area contributed by atoms with Gasteiger partial charge in [-0.05, 0) is 55.0 Å². The number of H-pyrrole nitrogens is 2.